The summed E-state index contributed by atoms with van der Waals surface area (Å²) < 4.78 is 23.9. The second kappa shape index (κ2) is 8.29. The van der Waals surface area contributed by atoms with Crippen molar-refractivity contribution in [1.29, 1.82) is 0 Å². The highest BCUT2D eigenvalue weighted by molar-refractivity contribution is 5.78. The minimum atomic E-state index is -0.310. The summed E-state index contributed by atoms with van der Waals surface area (Å²) in [5, 5.41) is 3.39. The first-order valence-corrected chi connectivity index (χ1v) is 11.3. The number of ether oxygens (including phenoxy) is 4. The van der Waals surface area contributed by atoms with E-state index in [1.807, 2.05) is 26.0 Å². The van der Waals surface area contributed by atoms with Gasteiger partial charge < -0.3 is 24.3 Å². The van der Waals surface area contributed by atoms with Crippen LogP contribution in [0, 0.1) is 17.8 Å². The number of hydrogen-bond donors (Lipinski definition) is 1. The van der Waals surface area contributed by atoms with Crippen LogP contribution in [0.5, 0.6) is 17.2 Å². The highest BCUT2D eigenvalue weighted by Crippen LogP contribution is 2.50. The molecule has 1 saturated heterocycles. The summed E-state index contributed by atoms with van der Waals surface area (Å²) in [5.74, 6) is 3.04. The molecule has 0 radical (unpaired) electrons. The van der Waals surface area contributed by atoms with Gasteiger partial charge in [0.15, 0.2) is 11.5 Å². The zero-order chi connectivity index (χ0) is 21.5. The first-order valence-electron chi connectivity index (χ1n) is 11.3. The Labute approximate surface area is 179 Å². The van der Waals surface area contributed by atoms with Crippen LogP contribution in [0.2, 0.25) is 0 Å². The average molecular weight is 418 g/mol. The van der Waals surface area contributed by atoms with E-state index in [0.717, 1.165) is 24.8 Å². The summed E-state index contributed by atoms with van der Waals surface area (Å²) in [7, 11) is 1.64. The molecule has 1 saturated carbocycles. The van der Waals surface area contributed by atoms with Gasteiger partial charge in [-0.2, -0.15) is 0 Å². The third-order valence-corrected chi connectivity index (χ3v) is 6.98. The molecule has 0 bridgehead atoms. The monoisotopic (exact) mass is 417 g/mol. The van der Waals surface area contributed by atoms with Crippen molar-refractivity contribution in [3.63, 3.8) is 0 Å². The number of hydrogen-bond acceptors (Lipinski definition) is 5. The number of rotatable bonds is 4. The summed E-state index contributed by atoms with van der Waals surface area (Å²) in [6.07, 6.45) is 4.00. The maximum absolute atomic E-state index is 12.7. The van der Waals surface area contributed by atoms with Crippen molar-refractivity contribution < 1.29 is 23.7 Å². The van der Waals surface area contributed by atoms with Gasteiger partial charge in [0, 0.05) is 23.8 Å². The SMILES string of the molecule is COc1cc([C@H]2C[C@](C)(NC(=O)C(C)C)[C@@H]3CC[C@@H](C)C[C@H]3O2)cc2c1OCCO2. The van der Waals surface area contributed by atoms with Crippen molar-refractivity contribution in [3.05, 3.63) is 17.7 Å². The average Bonchev–Trinajstić information content (AvgIpc) is 2.72. The number of fused-ring (bicyclic) bond motifs is 2. The van der Waals surface area contributed by atoms with Gasteiger partial charge in [0.2, 0.25) is 11.7 Å². The molecule has 0 spiro atoms. The number of benzene rings is 1. The number of carbonyl (C=O) groups excluding carboxylic acids is 1. The molecule has 4 rings (SSSR count). The van der Waals surface area contributed by atoms with E-state index in [2.05, 4.69) is 19.2 Å². The quantitative estimate of drug-likeness (QED) is 0.793. The maximum Gasteiger partial charge on any atom is 0.222 e. The third kappa shape index (κ3) is 3.98. The lowest BCUT2D eigenvalue weighted by molar-refractivity contribution is -0.155. The van der Waals surface area contributed by atoms with Crippen LogP contribution in [-0.4, -0.2) is 37.9 Å². The first kappa shape index (κ1) is 21.3. The molecule has 1 aliphatic carbocycles. The molecular weight excluding hydrogens is 382 g/mol. The number of nitrogens with one attached hydrogen (secondary N) is 1. The molecule has 30 heavy (non-hydrogen) atoms. The molecule has 2 aliphatic heterocycles. The van der Waals surface area contributed by atoms with Crippen molar-refractivity contribution in [3.8, 4) is 17.2 Å². The maximum atomic E-state index is 12.7. The van der Waals surface area contributed by atoms with E-state index in [-0.39, 0.29) is 29.6 Å². The van der Waals surface area contributed by atoms with Crippen molar-refractivity contribution in [2.45, 2.75) is 71.1 Å². The van der Waals surface area contributed by atoms with Crippen LogP contribution in [0.4, 0.5) is 0 Å². The highest BCUT2D eigenvalue weighted by Gasteiger charge is 2.49. The number of amides is 1. The van der Waals surface area contributed by atoms with Crippen LogP contribution < -0.4 is 19.5 Å². The number of carbonyl (C=O) groups is 1. The molecule has 0 unspecified atom stereocenters. The Balaban J connectivity index is 1.67. The molecule has 0 aromatic heterocycles. The van der Waals surface area contributed by atoms with E-state index in [1.165, 1.54) is 6.42 Å². The zero-order valence-electron chi connectivity index (χ0n) is 18.8. The molecule has 2 heterocycles. The standard InChI is InChI=1S/C24H35NO5/c1-14(2)23(26)25-24(4)13-21(30-18-10-15(3)6-7-17(18)24)16-11-19(27-5)22-20(12-16)28-8-9-29-22/h11-12,14-15,17-18,21H,6-10,13H2,1-5H3,(H,25,26)/t15-,17-,18-,21-,24+/m1/s1. The van der Waals surface area contributed by atoms with Gasteiger partial charge in [0.25, 0.3) is 0 Å². The largest absolute Gasteiger partial charge is 0.493 e. The second-order valence-electron chi connectivity index (χ2n) is 9.70. The molecule has 6 nitrogen and oxygen atoms in total. The first-order chi connectivity index (χ1) is 14.3. The van der Waals surface area contributed by atoms with Crippen LogP contribution in [0.15, 0.2) is 12.1 Å². The van der Waals surface area contributed by atoms with Crippen molar-refractivity contribution in [2.24, 2.45) is 17.8 Å². The van der Waals surface area contributed by atoms with Gasteiger partial charge in [-0.25, -0.2) is 0 Å². The smallest absolute Gasteiger partial charge is 0.222 e. The van der Waals surface area contributed by atoms with E-state index >= 15 is 0 Å². The van der Waals surface area contributed by atoms with Gasteiger partial charge in [-0.05, 0) is 43.4 Å². The molecule has 3 aliphatic rings. The zero-order valence-corrected chi connectivity index (χ0v) is 18.8. The fraction of sp³-hybridized carbons (Fsp3) is 0.708. The van der Waals surface area contributed by atoms with Crippen LogP contribution in [0.3, 0.4) is 0 Å². The van der Waals surface area contributed by atoms with Crippen molar-refractivity contribution in [2.75, 3.05) is 20.3 Å². The van der Waals surface area contributed by atoms with Gasteiger partial charge in [0.05, 0.1) is 19.3 Å². The highest BCUT2D eigenvalue weighted by atomic mass is 16.6. The lowest BCUT2D eigenvalue weighted by Crippen LogP contribution is -2.61. The fourth-order valence-electron chi connectivity index (χ4n) is 5.25. The molecular formula is C24H35NO5. The Kier molecular flexibility index (Phi) is 5.88. The molecule has 166 valence electrons. The Bertz CT molecular complexity index is 777. The van der Waals surface area contributed by atoms with Crippen LogP contribution >= 0.6 is 0 Å². The predicted molar refractivity (Wildman–Crippen MR) is 114 cm³/mol. The van der Waals surface area contributed by atoms with Gasteiger partial charge in [0.1, 0.15) is 13.2 Å². The number of methoxy groups -OCH3 is 1. The molecule has 1 aromatic rings. The molecule has 6 heteroatoms. The molecule has 1 N–H and O–H groups in total. The van der Waals surface area contributed by atoms with E-state index < -0.39 is 0 Å². The van der Waals surface area contributed by atoms with Gasteiger partial charge in [-0.3, -0.25) is 4.79 Å². The van der Waals surface area contributed by atoms with Gasteiger partial charge in [-0.1, -0.05) is 27.2 Å². The Morgan fingerprint density at radius 3 is 2.73 bits per heavy atom. The van der Waals surface area contributed by atoms with Crippen LogP contribution in [0.25, 0.3) is 0 Å². The molecule has 5 atom stereocenters. The summed E-state index contributed by atoms with van der Waals surface area (Å²) in [5.41, 5.74) is 0.702. The fourth-order valence-corrected chi connectivity index (χ4v) is 5.25. The van der Waals surface area contributed by atoms with E-state index in [1.54, 1.807) is 7.11 Å². The van der Waals surface area contributed by atoms with E-state index in [9.17, 15) is 4.79 Å². The van der Waals surface area contributed by atoms with Crippen molar-refractivity contribution in [1.82, 2.24) is 5.32 Å². The van der Waals surface area contributed by atoms with Crippen molar-refractivity contribution >= 4 is 5.91 Å². The minimum Gasteiger partial charge on any atom is -0.493 e. The van der Waals surface area contributed by atoms with E-state index in [4.69, 9.17) is 18.9 Å². The lowest BCUT2D eigenvalue weighted by Gasteiger charge is -2.52. The minimum absolute atomic E-state index is 0.0431. The third-order valence-electron chi connectivity index (χ3n) is 6.98. The summed E-state index contributed by atoms with van der Waals surface area (Å²) in [6, 6.07) is 4.01. The Morgan fingerprint density at radius 2 is 2.00 bits per heavy atom. The molecule has 1 amide bonds. The summed E-state index contributed by atoms with van der Waals surface area (Å²) in [4.78, 5) is 12.7. The lowest BCUT2D eigenvalue weighted by atomic mass is 9.66. The Hall–Kier alpha value is -1.95. The van der Waals surface area contributed by atoms with Crippen LogP contribution in [-0.2, 0) is 9.53 Å². The predicted octanol–water partition coefficient (Wildman–Crippen LogP) is 4.26. The van der Waals surface area contributed by atoms with E-state index in [0.29, 0.717) is 42.3 Å². The molecule has 1 aromatic carbocycles. The normalized spacial score (nSPS) is 33.0. The Morgan fingerprint density at radius 1 is 1.23 bits per heavy atom. The molecule has 2 fully saturated rings. The van der Waals surface area contributed by atoms with Gasteiger partial charge >= 0.3 is 0 Å². The van der Waals surface area contributed by atoms with Gasteiger partial charge in [-0.15, -0.1) is 0 Å². The summed E-state index contributed by atoms with van der Waals surface area (Å²) >= 11 is 0. The summed E-state index contributed by atoms with van der Waals surface area (Å²) in [6.45, 7) is 9.42. The second-order valence-corrected chi connectivity index (χ2v) is 9.70. The topological polar surface area (TPSA) is 66.0 Å². The van der Waals surface area contributed by atoms with Crippen LogP contribution in [0.1, 0.15) is 65.0 Å².